The highest BCUT2D eigenvalue weighted by molar-refractivity contribution is 6.43. The molecule has 0 saturated carbocycles. The summed E-state index contributed by atoms with van der Waals surface area (Å²) in [6, 6.07) is 7.35. The summed E-state index contributed by atoms with van der Waals surface area (Å²) in [5.74, 6) is -0.718. The number of hydrogen-bond donors (Lipinski definition) is 3. The van der Waals surface area contributed by atoms with Crippen molar-refractivity contribution in [2.45, 2.75) is 25.3 Å². The van der Waals surface area contributed by atoms with Crippen LogP contribution < -0.4 is 0 Å². The average molecular weight is 288 g/mol. The van der Waals surface area contributed by atoms with Crippen LogP contribution in [0.25, 0.3) is 10.8 Å². The Bertz CT molecular complexity index is 670. The highest BCUT2D eigenvalue weighted by Gasteiger charge is 2.36. The lowest BCUT2D eigenvalue weighted by Crippen LogP contribution is -2.46. The molecule has 1 atom stereocenters. The molecule has 1 amide bonds. The number of fused-ring (bicyclic) bond motifs is 1. The van der Waals surface area contributed by atoms with Crippen molar-refractivity contribution in [3.8, 4) is 5.88 Å². The SMILES string of the molecule is O=C(Cn1cc2ccccc2c1O)N1CCCC1B(O)O. The van der Waals surface area contributed by atoms with Gasteiger partial charge in [0.25, 0.3) is 0 Å². The van der Waals surface area contributed by atoms with E-state index in [1.807, 2.05) is 18.2 Å². The highest BCUT2D eigenvalue weighted by atomic mass is 16.4. The fourth-order valence-corrected chi connectivity index (χ4v) is 2.97. The molecule has 3 rings (SSSR count). The summed E-state index contributed by atoms with van der Waals surface area (Å²) in [7, 11) is -1.52. The first-order valence-electron chi connectivity index (χ1n) is 7.00. The summed E-state index contributed by atoms with van der Waals surface area (Å²) in [4.78, 5) is 13.8. The maximum atomic E-state index is 12.3. The molecular formula is C14H17BN2O4. The third kappa shape index (κ3) is 2.50. The van der Waals surface area contributed by atoms with E-state index in [0.29, 0.717) is 18.4 Å². The molecule has 1 aromatic carbocycles. The van der Waals surface area contributed by atoms with Gasteiger partial charge in [-0.05, 0) is 18.9 Å². The Morgan fingerprint density at radius 3 is 2.81 bits per heavy atom. The summed E-state index contributed by atoms with van der Waals surface area (Å²) in [6.07, 6.45) is 3.07. The molecule has 3 N–H and O–H groups in total. The van der Waals surface area contributed by atoms with Crippen LogP contribution in [0.15, 0.2) is 30.5 Å². The molecule has 1 aliphatic heterocycles. The first kappa shape index (κ1) is 14.0. The van der Waals surface area contributed by atoms with Crippen LogP contribution in [0, 0.1) is 0 Å². The zero-order chi connectivity index (χ0) is 15.0. The minimum atomic E-state index is -1.52. The summed E-state index contributed by atoms with van der Waals surface area (Å²) < 4.78 is 1.49. The second kappa shape index (κ2) is 5.42. The van der Waals surface area contributed by atoms with Gasteiger partial charge in [-0.25, -0.2) is 0 Å². The Balaban J connectivity index is 1.82. The molecule has 21 heavy (non-hydrogen) atoms. The zero-order valence-corrected chi connectivity index (χ0v) is 11.5. The smallest absolute Gasteiger partial charge is 0.475 e. The van der Waals surface area contributed by atoms with Crippen molar-refractivity contribution in [3.63, 3.8) is 0 Å². The van der Waals surface area contributed by atoms with Gasteiger partial charge < -0.3 is 24.6 Å². The number of amides is 1. The Labute approximate surface area is 122 Å². The summed E-state index contributed by atoms with van der Waals surface area (Å²) >= 11 is 0. The lowest BCUT2D eigenvalue weighted by atomic mass is 9.78. The molecule has 2 heterocycles. The zero-order valence-electron chi connectivity index (χ0n) is 11.5. The molecule has 1 fully saturated rings. The van der Waals surface area contributed by atoms with Crippen molar-refractivity contribution in [2.75, 3.05) is 6.54 Å². The second-order valence-corrected chi connectivity index (χ2v) is 5.38. The van der Waals surface area contributed by atoms with E-state index in [1.54, 1.807) is 12.3 Å². The van der Waals surface area contributed by atoms with Crippen LogP contribution in [0.5, 0.6) is 5.88 Å². The fourth-order valence-electron chi connectivity index (χ4n) is 2.97. The van der Waals surface area contributed by atoms with Gasteiger partial charge in [0.2, 0.25) is 5.91 Å². The topological polar surface area (TPSA) is 85.9 Å². The molecule has 0 radical (unpaired) electrons. The molecular weight excluding hydrogens is 271 g/mol. The van der Waals surface area contributed by atoms with Gasteiger partial charge in [-0.15, -0.1) is 0 Å². The monoisotopic (exact) mass is 288 g/mol. The molecule has 1 saturated heterocycles. The van der Waals surface area contributed by atoms with Crippen LogP contribution in [0.3, 0.4) is 0 Å². The number of rotatable bonds is 3. The normalized spacial score (nSPS) is 18.4. The maximum absolute atomic E-state index is 12.3. The van der Waals surface area contributed by atoms with E-state index in [1.165, 1.54) is 9.47 Å². The molecule has 1 aliphatic rings. The molecule has 1 unspecified atom stereocenters. The number of aromatic hydroxyl groups is 1. The van der Waals surface area contributed by atoms with Gasteiger partial charge in [0.1, 0.15) is 6.54 Å². The first-order valence-corrected chi connectivity index (χ1v) is 7.00. The second-order valence-electron chi connectivity index (χ2n) is 5.38. The number of nitrogens with zero attached hydrogens (tertiary/aromatic N) is 2. The van der Waals surface area contributed by atoms with Gasteiger partial charge in [0.05, 0.1) is 5.94 Å². The number of likely N-dealkylation sites (tertiary alicyclic amines) is 1. The van der Waals surface area contributed by atoms with Crippen molar-refractivity contribution in [1.82, 2.24) is 9.47 Å². The molecule has 110 valence electrons. The largest absolute Gasteiger partial charge is 0.494 e. The maximum Gasteiger partial charge on any atom is 0.475 e. The average Bonchev–Trinajstić information content (AvgIpc) is 3.05. The number of aromatic nitrogens is 1. The predicted octanol–water partition coefficient (Wildman–Crippen LogP) is 0.350. The number of carbonyl (C=O) groups excluding carboxylic acids is 1. The Morgan fingerprint density at radius 1 is 1.33 bits per heavy atom. The van der Waals surface area contributed by atoms with Gasteiger partial charge in [-0.3, -0.25) is 4.79 Å². The fraction of sp³-hybridized carbons (Fsp3) is 0.357. The van der Waals surface area contributed by atoms with Crippen molar-refractivity contribution >= 4 is 23.8 Å². The molecule has 2 aromatic rings. The van der Waals surface area contributed by atoms with E-state index in [2.05, 4.69) is 0 Å². The lowest BCUT2D eigenvalue weighted by molar-refractivity contribution is -0.131. The van der Waals surface area contributed by atoms with E-state index in [0.717, 1.165) is 11.8 Å². The minimum Gasteiger partial charge on any atom is -0.494 e. The Kier molecular flexibility index (Phi) is 3.61. The molecule has 1 aromatic heterocycles. The Morgan fingerprint density at radius 2 is 2.10 bits per heavy atom. The summed E-state index contributed by atoms with van der Waals surface area (Å²) in [6.45, 7) is 0.506. The predicted molar refractivity (Wildman–Crippen MR) is 78.5 cm³/mol. The number of benzene rings is 1. The molecule has 7 heteroatoms. The van der Waals surface area contributed by atoms with E-state index in [4.69, 9.17) is 0 Å². The van der Waals surface area contributed by atoms with Crippen molar-refractivity contribution < 1.29 is 19.9 Å². The van der Waals surface area contributed by atoms with Crippen LogP contribution in [0.2, 0.25) is 0 Å². The van der Waals surface area contributed by atoms with Crippen LogP contribution in [-0.4, -0.2) is 50.1 Å². The summed E-state index contributed by atoms with van der Waals surface area (Å²) in [5.41, 5.74) is 0. The number of hydrogen-bond acceptors (Lipinski definition) is 4. The Hall–Kier alpha value is -1.99. The molecule has 0 spiro atoms. The minimum absolute atomic E-state index is 0.0102. The van der Waals surface area contributed by atoms with Crippen LogP contribution >= 0.6 is 0 Å². The molecule has 6 nitrogen and oxygen atoms in total. The lowest BCUT2D eigenvalue weighted by Gasteiger charge is -2.24. The van der Waals surface area contributed by atoms with Crippen LogP contribution in [0.1, 0.15) is 12.8 Å². The van der Waals surface area contributed by atoms with Gasteiger partial charge in [0.15, 0.2) is 5.88 Å². The third-order valence-electron chi connectivity index (χ3n) is 4.04. The van der Waals surface area contributed by atoms with Crippen molar-refractivity contribution in [2.24, 2.45) is 0 Å². The van der Waals surface area contributed by atoms with E-state index in [9.17, 15) is 19.9 Å². The first-order chi connectivity index (χ1) is 10.1. The quantitative estimate of drug-likeness (QED) is 0.711. The molecule has 0 bridgehead atoms. The van der Waals surface area contributed by atoms with Gasteiger partial charge in [0, 0.05) is 23.5 Å². The van der Waals surface area contributed by atoms with Crippen molar-refractivity contribution in [3.05, 3.63) is 30.5 Å². The third-order valence-corrected chi connectivity index (χ3v) is 4.04. The van der Waals surface area contributed by atoms with Gasteiger partial charge in [-0.2, -0.15) is 0 Å². The van der Waals surface area contributed by atoms with E-state index >= 15 is 0 Å². The van der Waals surface area contributed by atoms with E-state index in [-0.39, 0.29) is 18.3 Å². The number of carbonyl (C=O) groups is 1. The molecule has 0 aliphatic carbocycles. The standard InChI is InChI=1S/C14H17BN2O4/c18-13(17-7-3-6-12(17)15(20)21)9-16-8-10-4-1-2-5-11(10)14(16)19/h1-2,4-5,8,12,19-21H,3,6-7,9H2. The highest BCUT2D eigenvalue weighted by Crippen LogP contribution is 2.27. The van der Waals surface area contributed by atoms with Gasteiger partial charge in [-0.1, -0.05) is 18.2 Å². The van der Waals surface area contributed by atoms with Crippen LogP contribution in [0.4, 0.5) is 0 Å². The van der Waals surface area contributed by atoms with Gasteiger partial charge >= 0.3 is 7.12 Å². The van der Waals surface area contributed by atoms with E-state index < -0.39 is 13.1 Å². The van der Waals surface area contributed by atoms with Crippen LogP contribution in [-0.2, 0) is 11.3 Å². The van der Waals surface area contributed by atoms with Crippen molar-refractivity contribution in [1.29, 1.82) is 0 Å². The summed E-state index contributed by atoms with van der Waals surface area (Å²) in [5, 5.41) is 30.3.